The van der Waals surface area contributed by atoms with Gasteiger partial charge in [-0.2, -0.15) is 0 Å². The normalized spacial score (nSPS) is 20.7. The van der Waals surface area contributed by atoms with E-state index in [-0.39, 0.29) is 6.42 Å². The quantitative estimate of drug-likeness (QED) is 0.902. The lowest BCUT2D eigenvalue weighted by atomic mass is 9.89. The minimum Gasteiger partial charge on any atom is -0.480 e. The third kappa shape index (κ3) is 2.17. The lowest BCUT2D eigenvalue weighted by Gasteiger charge is -2.37. The zero-order valence-electron chi connectivity index (χ0n) is 10.0. The fourth-order valence-electron chi connectivity index (χ4n) is 2.41. The highest BCUT2D eigenvalue weighted by Crippen LogP contribution is 2.39. The van der Waals surface area contributed by atoms with Crippen molar-refractivity contribution in [3.8, 4) is 0 Å². The van der Waals surface area contributed by atoms with Crippen molar-refractivity contribution >= 4 is 11.7 Å². The van der Waals surface area contributed by atoms with Gasteiger partial charge in [0.05, 0.1) is 0 Å². The SMILES string of the molecule is C[C@H](C(=O)O)N1CC[C@H](C(F)F)c2ccccc21. The van der Waals surface area contributed by atoms with Crippen molar-refractivity contribution in [2.45, 2.75) is 31.7 Å². The van der Waals surface area contributed by atoms with Crippen LogP contribution in [-0.2, 0) is 4.79 Å². The smallest absolute Gasteiger partial charge is 0.326 e. The standard InChI is InChI=1S/C13H15F2NO2/c1-8(13(17)18)16-7-6-10(12(14)15)9-4-2-3-5-11(9)16/h2-5,8,10,12H,6-7H2,1H3,(H,17,18)/t8-,10+/m1/s1. The van der Waals surface area contributed by atoms with Gasteiger partial charge in [0.1, 0.15) is 6.04 Å². The lowest BCUT2D eigenvalue weighted by molar-refractivity contribution is -0.138. The van der Waals surface area contributed by atoms with Gasteiger partial charge in [0.2, 0.25) is 6.43 Å². The number of carbonyl (C=O) groups is 1. The summed E-state index contributed by atoms with van der Waals surface area (Å²) >= 11 is 0. The number of hydrogen-bond donors (Lipinski definition) is 1. The summed E-state index contributed by atoms with van der Waals surface area (Å²) in [5.74, 6) is -1.74. The first-order chi connectivity index (χ1) is 8.52. The Hall–Kier alpha value is -1.65. The molecule has 0 fully saturated rings. The molecular formula is C13H15F2NO2. The molecule has 1 aliphatic rings. The van der Waals surface area contributed by atoms with Gasteiger partial charge in [-0.15, -0.1) is 0 Å². The Balaban J connectivity index is 2.39. The van der Waals surface area contributed by atoms with Crippen molar-refractivity contribution in [3.05, 3.63) is 29.8 Å². The largest absolute Gasteiger partial charge is 0.480 e. The molecule has 0 saturated carbocycles. The van der Waals surface area contributed by atoms with Gasteiger partial charge in [0.25, 0.3) is 0 Å². The minimum absolute atomic E-state index is 0.284. The summed E-state index contributed by atoms with van der Waals surface area (Å²) in [5, 5.41) is 9.05. The van der Waals surface area contributed by atoms with Crippen LogP contribution in [0.1, 0.15) is 24.8 Å². The molecule has 0 saturated heterocycles. The molecule has 0 amide bonds. The lowest BCUT2D eigenvalue weighted by Crippen LogP contribution is -2.43. The highest BCUT2D eigenvalue weighted by molar-refractivity contribution is 5.78. The van der Waals surface area contributed by atoms with Crippen LogP contribution >= 0.6 is 0 Å². The van der Waals surface area contributed by atoms with E-state index in [0.717, 1.165) is 0 Å². The summed E-state index contributed by atoms with van der Waals surface area (Å²) in [6, 6.07) is 6.12. The van der Waals surface area contributed by atoms with E-state index in [9.17, 15) is 13.6 Å². The Labute approximate surface area is 104 Å². The molecular weight excluding hydrogens is 240 g/mol. The third-order valence-electron chi connectivity index (χ3n) is 3.46. The van der Waals surface area contributed by atoms with Crippen LogP contribution in [0.4, 0.5) is 14.5 Å². The summed E-state index contributed by atoms with van der Waals surface area (Å²) in [4.78, 5) is 12.7. The van der Waals surface area contributed by atoms with Crippen LogP contribution in [0.25, 0.3) is 0 Å². The number of alkyl halides is 2. The number of para-hydroxylation sites is 1. The van der Waals surface area contributed by atoms with Crippen LogP contribution in [0.15, 0.2) is 24.3 Å². The predicted molar refractivity (Wildman–Crippen MR) is 64.2 cm³/mol. The summed E-state index contributed by atoms with van der Waals surface area (Å²) < 4.78 is 25.9. The zero-order valence-corrected chi connectivity index (χ0v) is 10.0. The summed E-state index contributed by atoms with van der Waals surface area (Å²) in [6.07, 6.45) is -2.12. The van der Waals surface area contributed by atoms with Gasteiger partial charge in [0.15, 0.2) is 0 Å². The molecule has 0 aromatic heterocycles. The van der Waals surface area contributed by atoms with Gasteiger partial charge in [-0.3, -0.25) is 0 Å². The van der Waals surface area contributed by atoms with E-state index in [1.165, 1.54) is 0 Å². The fraction of sp³-hybridized carbons (Fsp3) is 0.462. The van der Waals surface area contributed by atoms with E-state index in [1.54, 1.807) is 36.1 Å². The first-order valence-corrected chi connectivity index (χ1v) is 5.89. The molecule has 2 rings (SSSR count). The number of fused-ring (bicyclic) bond motifs is 1. The van der Waals surface area contributed by atoms with Gasteiger partial charge >= 0.3 is 5.97 Å². The molecule has 5 heteroatoms. The highest BCUT2D eigenvalue weighted by Gasteiger charge is 2.34. The second-order valence-electron chi connectivity index (χ2n) is 4.50. The minimum atomic E-state index is -2.41. The molecule has 0 aliphatic carbocycles. The van der Waals surface area contributed by atoms with E-state index in [1.807, 2.05) is 0 Å². The number of hydrogen-bond acceptors (Lipinski definition) is 2. The molecule has 1 aromatic rings. The van der Waals surface area contributed by atoms with Crippen LogP contribution in [0.2, 0.25) is 0 Å². The second kappa shape index (κ2) is 4.92. The van der Waals surface area contributed by atoms with Crippen LogP contribution < -0.4 is 4.90 Å². The van der Waals surface area contributed by atoms with Crippen LogP contribution in [0, 0.1) is 0 Å². The number of carboxylic acids is 1. The molecule has 1 aliphatic heterocycles. The second-order valence-corrected chi connectivity index (χ2v) is 4.50. The summed E-state index contributed by atoms with van der Waals surface area (Å²) in [7, 11) is 0. The number of aliphatic carboxylic acids is 1. The number of halogens is 2. The molecule has 1 heterocycles. The molecule has 0 unspecified atom stereocenters. The van der Waals surface area contributed by atoms with Crippen molar-refractivity contribution in [2.24, 2.45) is 0 Å². The van der Waals surface area contributed by atoms with Crippen molar-refractivity contribution in [3.63, 3.8) is 0 Å². The topological polar surface area (TPSA) is 40.5 Å². The Morgan fingerprint density at radius 1 is 1.44 bits per heavy atom. The average Bonchev–Trinajstić information content (AvgIpc) is 2.36. The maximum atomic E-state index is 13.0. The van der Waals surface area contributed by atoms with E-state index < -0.39 is 24.4 Å². The molecule has 1 N–H and O–H groups in total. The molecule has 2 atom stereocenters. The predicted octanol–water partition coefficient (Wildman–Crippen LogP) is 2.72. The maximum absolute atomic E-state index is 13.0. The fourth-order valence-corrected chi connectivity index (χ4v) is 2.41. The van der Waals surface area contributed by atoms with Crippen molar-refractivity contribution < 1.29 is 18.7 Å². The van der Waals surface area contributed by atoms with Crippen molar-refractivity contribution in [1.82, 2.24) is 0 Å². The van der Waals surface area contributed by atoms with E-state index in [0.29, 0.717) is 17.8 Å². The molecule has 3 nitrogen and oxygen atoms in total. The number of nitrogens with zero attached hydrogens (tertiary/aromatic N) is 1. The Morgan fingerprint density at radius 2 is 2.11 bits per heavy atom. The Morgan fingerprint density at radius 3 is 2.72 bits per heavy atom. The van der Waals surface area contributed by atoms with Gasteiger partial charge in [-0.1, -0.05) is 18.2 Å². The molecule has 0 bridgehead atoms. The number of benzene rings is 1. The first kappa shape index (κ1) is 12.8. The van der Waals surface area contributed by atoms with Crippen LogP contribution in [0.3, 0.4) is 0 Å². The zero-order chi connectivity index (χ0) is 13.3. The van der Waals surface area contributed by atoms with E-state index >= 15 is 0 Å². The monoisotopic (exact) mass is 255 g/mol. The Kier molecular flexibility index (Phi) is 3.50. The van der Waals surface area contributed by atoms with Crippen LogP contribution in [0.5, 0.6) is 0 Å². The van der Waals surface area contributed by atoms with Crippen molar-refractivity contribution in [2.75, 3.05) is 11.4 Å². The maximum Gasteiger partial charge on any atom is 0.326 e. The highest BCUT2D eigenvalue weighted by atomic mass is 19.3. The third-order valence-corrected chi connectivity index (χ3v) is 3.46. The molecule has 18 heavy (non-hydrogen) atoms. The number of rotatable bonds is 3. The van der Waals surface area contributed by atoms with Gasteiger partial charge in [0, 0.05) is 18.2 Å². The van der Waals surface area contributed by atoms with Gasteiger partial charge < -0.3 is 10.0 Å². The van der Waals surface area contributed by atoms with E-state index in [2.05, 4.69) is 0 Å². The first-order valence-electron chi connectivity index (χ1n) is 5.89. The van der Waals surface area contributed by atoms with E-state index in [4.69, 9.17) is 5.11 Å². The summed E-state index contributed by atoms with van der Waals surface area (Å²) in [6.45, 7) is 1.92. The van der Waals surface area contributed by atoms with Gasteiger partial charge in [-0.25, -0.2) is 13.6 Å². The average molecular weight is 255 g/mol. The van der Waals surface area contributed by atoms with Crippen molar-refractivity contribution in [1.29, 1.82) is 0 Å². The summed E-state index contributed by atoms with van der Waals surface area (Å²) in [5.41, 5.74) is 1.16. The van der Waals surface area contributed by atoms with Gasteiger partial charge in [-0.05, 0) is 25.0 Å². The number of anilines is 1. The molecule has 0 spiro atoms. The molecule has 1 aromatic carbocycles. The number of carboxylic acid groups (broad SMARTS) is 1. The Bertz CT molecular complexity index is 450. The molecule has 98 valence electrons. The van der Waals surface area contributed by atoms with Crippen LogP contribution in [-0.4, -0.2) is 30.1 Å². The molecule has 0 radical (unpaired) electrons.